The normalized spacial score (nSPS) is 9.10. The first-order valence-corrected chi connectivity index (χ1v) is 4.83. The third-order valence-corrected chi connectivity index (χ3v) is 4.58. The SMILES string of the molecule is Cl.NCc1scc(Br)c1Br. The highest BCUT2D eigenvalue weighted by Gasteiger charge is 2.03. The van der Waals surface area contributed by atoms with E-state index in [2.05, 4.69) is 31.9 Å². The number of thiophene rings is 1. The lowest BCUT2D eigenvalue weighted by Crippen LogP contribution is -1.92. The van der Waals surface area contributed by atoms with Gasteiger partial charge in [-0.1, -0.05) is 0 Å². The van der Waals surface area contributed by atoms with Crippen LogP contribution in [-0.2, 0) is 6.54 Å². The van der Waals surface area contributed by atoms with Gasteiger partial charge in [-0.2, -0.15) is 0 Å². The largest absolute Gasteiger partial charge is 0.326 e. The first-order chi connectivity index (χ1) is 4.25. The van der Waals surface area contributed by atoms with E-state index in [9.17, 15) is 0 Å². The summed E-state index contributed by atoms with van der Waals surface area (Å²) in [5.41, 5.74) is 5.42. The van der Waals surface area contributed by atoms with Gasteiger partial charge in [-0.15, -0.1) is 23.7 Å². The molecule has 0 saturated heterocycles. The van der Waals surface area contributed by atoms with E-state index < -0.39 is 0 Å². The van der Waals surface area contributed by atoms with Crippen molar-refractivity contribution >= 4 is 55.6 Å². The van der Waals surface area contributed by atoms with Crippen molar-refractivity contribution in [3.05, 3.63) is 19.2 Å². The van der Waals surface area contributed by atoms with Gasteiger partial charge in [0.2, 0.25) is 0 Å². The molecular weight excluding hydrogens is 301 g/mol. The molecule has 0 fully saturated rings. The molecule has 0 spiro atoms. The minimum absolute atomic E-state index is 0. The lowest BCUT2D eigenvalue weighted by molar-refractivity contribution is 1.10. The highest BCUT2D eigenvalue weighted by Crippen LogP contribution is 2.31. The number of nitrogens with two attached hydrogens (primary N) is 1. The van der Waals surface area contributed by atoms with E-state index in [1.807, 2.05) is 5.38 Å². The second kappa shape index (κ2) is 4.72. The van der Waals surface area contributed by atoms with E-state index in [1.165, 1.54) is 4.88 Å². The molecule has 0 atom stereocenters. The third kappa shape index (κ3) is 2.20. The molecule has 0 aliphatic heterocycles. The Morgan fingerprint density at radius 3 is 2.30 bits per heavy atom. The first-order valence-electron chi connectivity index (χ1n) is 2.37. The Balaban J connectivity index is 0.000000810. The molecule has 0 amide bonds. The van der Waals surface area contributed by atoms with Gasteiger partial charge in [0, 0.05) is 25.7 Å². The van der Waals surface area contributed by atoms with Crippen LogP contribution in [0, 0.1) is 0 Å². The summed E-state index contributed by atoms with van der Waals surface area (Å²) < 4.78 is 2.18. The highest BCUT2D eigenvalue weighted by atomic mass is 79.9. The van der Waals surface area contributed by atoms with Crippen LogP contribution in [0.2, 0.25) is 0 Å². The molecule has 0 aromatic carbocycles. The van der Waals surface area contributed by atoms with Crippen molar-refractivity contribution in [1.29, 1.82) is 0 Å². The molecule has 0 aliphatic carbocycles. The smallest absolute Gasteiger partial charge is 0.0469 e. The minimum Gasteiger partial charge on any atom is -0.326 e. The van der Waals surface area contributed by atoms with Gasteiger partial charge in [-0.05, 0) is 31.9 Å². The highest BCUT2D eigenvalue weighted by molar-refractivity contribution is 9.13. The van der Waals surface area contributed by atoms with E-state index in [0.717, 1.165) is 8.95 Å². The van der Waals surface area contributed by atoms with Crippen LogP contribution in [0.5, 0.6) is 0 Å². The van der Waals surface area contributed by atoms with Crippen LogP contribution in [0.1, 0.15) is 4.88 Å². The maximum Gasteiger partial charge on any atom is 0.0469 e. The van der Waals surface area contributed by atoms with Crippen LogP contribution < -0.4 is 5.73 Å². The molecular formula is C5H6Br2ClNS. The number of hydrogen-bond donors (Lipinski definition) is 1. The predicted molar refractivity (Wildman–Crippen MR) is 54.9 cm³/mol. The van der Waals surface area contributed by atoms with Gasteiger partial charge in [0.25, 0.3) is 0 Å². The summed E-state index contributed by atoms with van der Waals surface area (Å²) in [5, 5.41) is 2.02. The lowest BCUT2D eigenvalue weighted by Gasteiger charge is -1.88. The molecule has 0 unspecified atom stereocenters. The van der Waals surface area contributed by atoms with Crippen LogP contribution in [0.3, 0.4) is 0 Å². The molecule has 1 rings (SSSR count). The molecule has 10 heavy (non-hydrogen) atoms. The van der Waals surface area contributed by atoms with E-state index in [4.69, 9.17) is 5.73 Å². The van der Waals surface area contributed by atoms with Crippen LogP contribution in [-0.4, -0.2) is 0 Å². The van der Waals surface area contributed by atoms with Gasteiger partial charge in [-0.3, -0.25) is 0 Å². The Hall–Kier alpha value is 0.910. The Labute approximate surface area is 86.7 Å². The average Bonchev–Trinajstić information content (AvgIpc) is 2.15. The second-order valence-electron chi connectivity index (χ2n) is 1.52. The molecule has 5 heteroatoms. The fourth-order valence-corrected chi connectivity index (χ4v) is 2.53. The van der Waals surface area contributed by atoms with Crippen molar-refractivity contribution in [1.82, 2.24) is 0 Å². The third-order valence-electron chi connectivity index (χ3n) is 0.945. The number of rotatable bonds is 1. The maximum absolute atomic E-state index is 5.42. The molecule has 1 nitrogen and oxygen atoms in total. The second-order valence-corrected chi connectivity index (χ2v) is 4.14. The van der Waals surface area contributed by atoms with Gasteiger partial charge in [0.15, 0.2) is 0 Å². The summed E-state index contributed by atoms with van der Waals surface area (Å²) in [7, 11) is 0. The Morgan fingerprint density at radius 1 is 1.50 bits per heavy atom. The number of hydrogen-bond acceptors (Lipinski definition) is 2. The zero-order chi connectivity index (χ0) is 6.85. The van der Waals surface area contributed by atoms with Crippen molar-refractivity contribution in [2.75, 3.05) is 0 Å². The van der Waals surface area contributed by atoms with E-state index in [-0.39, 0.29) is 12.4 Å². The van der Waals surface area contributed by atoms with Crippen LogP contribution in [0.4, 0.5) is 0 Å². The monoisotopic (exact) mass is 305 g/mol. The fraction of sp³-hybridized carbons (Fsp3) is 0.200. The predicted octanol–water partition coefficient (Wildman–Crippen LogP) is 3.15. The van der Waals surface area contributed by atoms with E-state index in [1.54, 1.807) is 11.3 Å². The van der Waals surface area contributed by atoms with Crippen LogP contribution in [0.15, 0.2) is 14.3 Å². The zero-order valence-electron chi connectivity index (χ0n) is 4.93. The zero-order valence-corrected chi connectivity index (χ0v) is 9.74. The summed E-state index contributed by atoms with van der Waals surface area (Å²) in [4.78, 5) is 1.18. The van der Waals surface area contributed by atoms with Crippen LogP contribution in [0.25, 0.3) is 0 Å². The topological polar surface area (TPSA) is 26.0 Å². The summed E-state index contributed by atoms with van der Waals surface area (Å²) in [6.07, 6.45) is 0. The standard InChI is InChI=1S/C5H5Br2NS.ClH/c6-3-2-9-4(1-8)5(3)7;/h2H,1,8H2;1H. The molecule has 0 bridgehead atoms. The average molecular weight is 307 g/mol. The van der Waals surface area contributed by atoms with Gasteiger partial charge < -0.3 is 5.73 Å². The molecule has 2 N–H and O–H groups in total. The van der Waals surface area contributed by atoms with Gasteiger partial charge in [0.05, 0.1) is 0 Å². The van der Waals surface area contributed by atoms with Gasteiger partial charge >= 0.3 is 0 Å². The molecule has 0 saturated carbocycles. The summed E-state index contributed by atoms with van der Waals surface area (Å²) in [5.74, 6) is 0. The van der Waals surface area contributed by atoms with Gasteiger partial charge in [0.1, 0.15) is 0 Å². The lowest BCUT2D eigenvalue weighted by atomic mass is 10.5. The molecule has 0 radical (unpaired) electrons. The van der Waals surface area contributed by atoms with Crippen molar-refractivity contribution in [3.8, 4) is 0 Å². The Bertz CT molecular complexity index is 213. The number of halogens is 3. The van der Waals surface area contributed by atoms with E-state index >= 15 is 0 Å². The quantitative estimate of drug-likeness (QED) is 0.847. The van der Waals surface area contributed by atoms with Crippen molar-refractivity contribution in [2.45, 2.75) is 6.54 Å². The van der Waals surface area contributed by atoms with Crippen molar-refractivity contribution in [3.63, 3.8) is 0 Å². The maximum atomic E-state index is 5.42. The molecule has 1 aromatic rings. The van der Waals surface area contributed by atoms with Crippen LogP contribution >= 0.6 is 55.6 Å². The minimum atomic E-state index is 0. The van der Waals surface area contributed by atoms with E-state index in [0.29, 0.717) is 6.54 Å². The first kappa shape index (κ1) is 10.9. The van der Waals surface area contributed by atoms with Crippen molar-refractivity contribution < 1.29 is 0 Å². The summed E-state index contributed by atoms with van der Waals surface area (Å²) in [6, 6.07) is 0. The Kier molecular flexibility index (Phi) is 5.15. The summed E-state index contributed by atoms with van der Waals surface area (Å²) in [6.45, 7) is 0.608. The van der Waals surface area contributed by atoms with Gasteiger partial charge in [-0.25, -0.2) is 0 Å². The Morgan fingerprint density at radius 2 is 2.10 bits per heavy atom. The fourth-order valence-electron chi connectivity index (χ4n) is 0.497. The molecule has 58 valence electrons. The molecule has 0 aliphatic rings. The summed E-state index contributed by atoms with van der Waals surface area (Å²) >= 11 is 8.42. The molecule has 1 aromatic heterocycles. The molecule has 1 heterocycles. The van der Waals surface area contributed by atoms with Crippen molar-refractivity contribution in [2.24, 2.45) is 5.73 Å².